The first-order valence-corrected chi connectivity index (χ1v) is 9.48. The largest absolute Gasteiger partial charge is 0.486 e. The van der Waals surface area contributed by atoms with Crippen LogP contribution in [0.25, 0.3) is 11.3 Å². The lowest BCUT2D eigenvalue weighted by Gasteiger charge is -2.48. The van der Waals surface area contributed by atoms with Crippen LogP contribution in [0.5, 0.6) is 11.5 Å². The molecule has 0 N–H and O–H groups in total. The number of piperazine rings is 1. The second-order valence-corrected chi connectivity index (χ2v) is 7.44. The summed E-state index contributed by atoms with van der Waals surface area (Å²) in [5, 5.41) is 9.01. The van der Waals surface area contributed by atoms with E-state index < -0.39 is 0 Å². The Bertz CT molecular complexity index is 781. The molecule has 0 aliphatic carbocycles. The van der Waals surface area contributed by atoms with Crippen LogP contribution in [0.4, 0.5) is 5.82 Å². The summed E-state index contributed by atoms with van der Waals surface area (Å²) in [4.78, 5) is 4.95. The maximum absolute atomic E-state index is 5.67. The predicted octanol–water partition coefficient (Wildman–Crippen LogP) is 2.59. The van der Waals surface area contributed by atoms with E-state index in [4.69, 9.17) is 9.47 Å². The van der Waals surface area contributed by atoms with Gasteiger partial charge in [0.15, 0.2) is 17.3 Å². The molecule has 136 valence electrons. The molecule has 1 aromatic carbocycles. The highest BCUT2D eigenvalue weighted by Crippen LogP contribution is 2.34. The van der Waals surface area contributed by atoms with Gasteiger partial charge in [-0.2, -0.15) is 0 Å². The van der Waals surface area contributed by atoms with E-state index in [1.54, 1.807) is 0 Å². The molecule has 26 heavy (non-hydrogen) atoms. The highest BCUT2D eigenvalue weighted by Gasteiger charge is 2.35. The van der Waals surface area contributed by atoms with Gasteiger partial charge in [0, 0.05) is 30.7 Å². The van der Waals surface area contributed by atoms with Crippen LogP contribution >= 0.6 is 0 Å². The molecule has 6 nitrogen and oxygen atoms in total. The van der Waals surface area contributed by atoms with Crippen molar-refractivity contribution in [3.63, 3.8) is 0 Å². The molecule has 2 unspecified atom stereocenters. The molecule has 5 rings (SSSR count). The fourth-order valence-electron chi connectivity index (χ4n) is 4.36. The summed E-state index contributed by atoms with van der Waals surface area (Å²) < 4.78 is 11.3. The molecule has 3 aliphatic rings. The van der Waals surface area contributed by atoms with Crippen LogP contribution < -0.4 is 14.4 Å². The van der Waals surface area contributed by atoms with Crippen molar-refractivity contribution in [2.24, 2.45) is 0 Å². The minimum atomic E-state index is 0.590. The average Bonchev–Trinajstić information content (AvgIpc) is 2.68. The van der Waals surface area contributed by atoms with Crippen molar-refractivity contribution in [3.8, 4) is 22.8 Å². The number of anilines is 1. The summed E-state index contributed by atoms with van der Waals surface area (Å²) >= 11 is 0. The Morgan fingerprint density at radius 3 is 2.42 bits per heavy atom. The molecule has 3 aliphatic heterocycles. The third-order valence-corrected chi connectivity index (χ3v) is 5.90. The van der Waals surface area contributed by atoms with Crippen LogP contribution in [0.15, 0.2) is 30.3 Å². The van der Waals surface area contributed by atoms with Crippen molar-refractivity contribution in [2.75, 3.05) is 38.3 Å². The second kappa shape index (κ2) is 6.43. The molecule has 1 aromatic heterocycles. The Hall–Kier alpha value is -2.34. The zero-order valence-electron chi connectivity index (χ0n) is 15.1. The summed E-state index contributed by atoms with van der Waals surface area (Å²) in [7, 11) is 2.27. The number of aromatic nitrogens is 2. The van der Waals surface area contributed by atoms with Gasteiger partial charge in [-0.25, -0.2) is 0 Å². The first kappa shape index (κ1) is 15.9. The molecule has 2 saturated heterocycles. The highest BCUT2D eigenvalue weighted by atomic mass is 16.6. The number of fused-ring (bicyclic) bond motifs is 3. The molecular weight excluding hydrogens is 328 g/mol. The van der Waals surface area contributed by atoms with Crippen molar-refractivity contribution < 1.29 is 9.47 Å². The van der Waals surface area contributed by atoms with Gasteiger partial charge in [0.05, 0.1) is 5.69 Å². The maximum atomic E-state index is 5.67. The zero-order valence-corrected chi connectivity index (χ0v) is 15.1. The Labute approximate surface area is 153 Å². The second-order valence-electron chi connectivity index (χ2n) is 7.44. The number of hydrogen-bond acceptors (Lipinski definition) is 6. The number of benzene rings is 1. The van der Waals surface area contributed by atoms with Gasteiger partial charge in [-0.3, -0.25) is 4.90 Å². The standard InChI is InChI=1S/C20H24N4O2/c1-23-15-3-2-4-16(23)13-24(12-15)20-8-6-17(21-22-20)14-5-7-18-19(11-14)26-10-9-25-18/h5-8,11,15-16H,2-4,9-10,12-13H2,1H3. The monoisotopic (exact) mass is 352 g/mol. The summed E-state index contributed by atoms with van der Waals surface area (Å²) in [5.74, 6) is 2.57. The topological polar surface area (TPSA) is 50.7 Å². The van der Waals surface area contributed by atoms with E-state index in [2.05, 4.69) is 39.2 Å². The van der Waals surface area contributed by atoms with E-state index in [-0.39, 0.29) is 0 Å². The Kier molecular flexibility index (Phi) is 3.93. The molecule has 2 bridgehead atoms. The van der Waals surface area contributed by atoms with Crippen LogP contribution in [0, 0.1) is 0 Å². The number of likely N-dealkylation sites (N-methyl/N-ethyl adjacent to an activating group) is 1. The maximum Gasteiger partial charge on any atom is 0.162 e. The molecule has 2 atom stereocenters. The molecule has 0 radical (unpaired) electrons. The minimum Gasteiger partial charge on any atom is -0.486 e. The lowest BCUT2D eigenvalue weighted by atomic mass is 9.92. The Morgan fingerprint density at radius 2 is 1.69 bits per heavy atom. The molecule has 6 heteroatoms. The molecule has 0 saturated carbocycles. The van der Waals surface area contributed by atoms with Gasteiger partial charge in [0.2, 0.25) is 0 Å². The van der Waals surface area contributed by atoms with Gasteiger partial charge in [0.25, 0.3) is 0 Å². The zero-order chi connectivity index (χ0) is 17.5. The SMILES string of the molecule is CN1C2CCCC1CN(c1ccc(-c3ccc4c(c3)OCCO4)nn1)C2. The number of ether oxygens (including phenoxy) is 2. The molecular formula is C20H24N4O2. The summed E-state index contributed by atoms with van der Waals surface area (Å²) in [6.07, 6.45) is 3.92. The number of piperidine rings is 1. The van der Waals surface area contributed by atoms with E-state index >= 15 is 0 Å². The average molecular weight is 352 g/mol. The van der Waals surface area contributed by atoms with Crippen LogP contribution in [0.2, 0.25) is 0 Å². The van der Waals surface area contributed by atoms with Crippen molar-refractivity contribution in [2.45, 2.75) is 31.3 Å². The third kappa shape index (κ3) is 2.78. The van der Waals surface area contributed by atoms with E-state index in [1.165, 1.54) is 19.3 Å². The first-order chi connectivity index (χ1) is 12.8. The van der Waals surface area contributed by atoms with E-state index in [9.17, 15) is 0 Å². The van der Waals surface area contributed by atoms with Gasteiger partial charge in [-0.05, 0) is 50.2 Å². The molecule has 0 amide bonds. The van der Waals surface area contributed by atoms with Gasteiger partial charge >= 0.3 is 0 Å². The summed E-state index contributed by atoms with van der Waals surface area (Å²) in [5.41, 5.74) is 1.86. The van der Waals surface area contributed by atoms with E-state index in [0.29, 0.717) is 25.3 Å². The minimum absolute atomic E-state index is 0.590. The third-order valence-electron chi connectivity index (χ3n) is 5.90. The fourth-order valence-corrected chi connectivity index (χ4v) is 4.36. The number of rotatable bonds is 2. The fraction of sp³-hybridized carbons (Fsp3) is 0.500. The van der Waals surface area contributed by atoms with Crippen LogP contribution in [-0.2, 0) is 0 Å². The molecule has 4 heterocycles. The smallest absolute Gasteiger partial charge is 0.162 e. The van der Waals surface area contributed by atoms with Crippen molar-refractivity contribution in [1.82, 2.24) is 15.1 Å². The van der Waals surface area contributed by atoms with E-state index in [0.717, 1.165) is 41.7 Å². The van der Waals surface area contributed by atoms with Crippen LogP contribution in [0.1, 0.15) is 19.3 Å². The Balaban J connectivity index is 1.36. The normalized spacial score (nSPS) is 25.2. The van der Waals surface area contributed by atoms with Crippen molar-refractivity contribution >= 4 is 5.82 Å². The van der Waals surface area contributed by atoms with Gasteiger partial charge in [-0.15, -0.1) is 10.2 Å². The van der Waals surface area contributed by atoms with Crippen molar-refractivity contribution in [3.05, 3.63) is 30.3 Å². The molecule has 2 aromatic rings. The van der Waals surface area contributed by atoms with Gasteiger partial charge in [0.1, 0.15) is 13.2 Å². The molecule has 2 fully saturated rings. The first-order valence-electron chi connectivity index (χ1n) is 9.48. The molecule has 0 spiro atoms. The number of nitrogens with zero attached hydrogens (tertiary/aromatic N) is 4. The summed E-state index contributed by atoms with van der Waals surface area (Å²) in [6, 6.07) is 11.4. The highest BCUT2D eigenvalue weighted by molar-refractivity contribution is 5.64. The Morgan fingerprint density at radius 1 is 0.923 bits per heavy atom. The lowest BCUT2D eigenvalue weighted by molar-refractivity contribution is 0.0946. The predicted molar refractivity (Wildman–Crippen MR) is 99.9 cm³/mol. The van der Waals surface area contributed by atoms with Crippen molar-refractivity contribution in [1.29, 1.82) is 0 Å². The number of hydrogen-bond donors (Lipinski definition) is 0. The lowest BCUT2D eigenvalue weighted by Crippen LogP contribution is -2.59. The summed E-state index contributed by atoms with van der Waals surface area (Å²) in [6.45, 7) is 3.29. The van der Waals surface area contributed by atoms with E-state index in [1.807, 2.05) is 18.2 Å². The van der Waals surface area contributed by atoms with Crippen LogP contribution in [-0.4, -0.2) is 60.5 Å². The quantitative estimate of drug-likeness (QED) is 0.828. The van der Waals surface area contributed by atoms with Gasteiger partial charge in [-0.1, -0.05) is 6.42 Å². The van der Waals surface area contributed by atoms with Crippen LogP contribution in [0.3, 0.4) is 0 Å². The van der Waals surface area contributed by atoms with Gasteiger partial charge < -0.3 is 14.4 Å².